The Labute approximate surface area is 90.3 Å². The molecule has 0 saturated carbocycles. The van der Waals surface area contributed by atoms with Gasteiger partial charge in [-0.1, -0.05) is 6.58 Å². The Bertz CT molecular complexity index is 245. The molecule has 1 fully saturated rings. The number of nitrogens with zero attached hydrogens (tertiary/aromatic N) is 1. The standard InChI is InChI=1S/C11H18N2O2/c1-2-12-10(14)6-7-11(15)13-8-4-3-5-9-13/h2H,1,3-9H2,(H,12,14). The molecule has 0 radical (unpaired) electrons. The summed E-state index contributed by atoms with van der Waals surface area (Å²) >= 11 is 0. The number of hydrogen-bond donors (Lipinski definition) is 1. The Balaban J connectivity index is 2.22. The SMILES string of the molecule is C=CNC(=O)CCC(=O)N1CCCCC1. The lowest BCUT2D eigenvalue weighted by Gasteiger charge is -2.26. The minimum Gasteiger partial charge on any atom is -0.343 e. The van der Waals surface area contributed by atoms with Crippen molar-refractivity contribution < 1.29 is 9.59 Å². The van der Waals surface area contributed by atoms with Gasteiger partial charge in [-0.3, -0.25) is 9.59 Å². The molecular weight excluding hydrogens is 192 g/mol. The van der Waals surface area contributed by atoms with Crippen LogP contribution in [0.2, 0.25) is 0 Å². The molecule has 1 aliphatic rings. The minimum absolute atomic E-state index is 0.0916. The predicted octanol–water partition coefficient (Wildman–Crippen LogP) is 1.04. The highest BCUT2D eigenvalue weighted by atomic mass is 16.2. The quantitative estimate of drug-likeness (QED) is 0.753. The van der Waals surface area contributed by atoms with Crippen LogP contribution >= 0.6 is 0 Å². The topological polar surface area (TPSA) is 49.4 Å². The molecule has 2 amide bonds. The Morgan fingerprint density at radius 1 is 1.20 bits per heavy atom. The van der Waals surface area contributed by atoms with E-state index in [-0.39, 0.29) is 18.2 Å². The molecule has 0 spiro atoms. The van der Waals surface area contributed by atoms with Gasteiger partial charge >= 0.3 is 0 Å². The highest BCUT2D eigenvalue weighted by Crippen LogP contribution is 2.10. The van der Waals surface area contributed by atoms with Crippen molar-refractivity contribution in [2.45, 2.75) is 32.1 Å². The number of likely N-dealkylation sites (tertiary alicyclic amines) is 1. The van der Waals surface area contributed by atoms with Crippen LogP contribution in [0.5, 0.6) is 0 Å². The fourth-order valence-corrected chi connectivity index (χ4v) is 1.71. The van der Waals surface area contributed by atoms with Crippen molar-refractivity contribution in [2.24, 2.45) is 0 Å². The number of carbonyl (C=O) groups is 2. The molecule has 1 aliphatic heterocycles. The van der Waals surface area contributed by atoms with E-state index in [0.717, 1.165) is 25.9 Å². The van der Waals surface area contributed by atoms with Gasteiger partial charge in [-0.05, 0) is 25.5 Å². The molecule has 1 saturated heterocycles. The maximum Gasteiger partial charge on any atom is 0.224 e. The van der Waals surface area contributed by atoms with E-state index in [1.807, 2.05) is 4.90 Å². The lowest BCUT2D eigenvalue weighted by atomic mass is 10.1. The Morgan fingerprint density at radius 3 is 2.47 bits per heavy atom. The van der Waals surface area contributed by atoms with Crippen LogP contribution in [0.25, 0.3) is 0 Å². The molecule has 0 unspecified atom stereocenters. The Kier molecular flexibility index (Phi) is 4.87. The summed E-state index contributed by atoms with van der Waals surface area (Å²) in [7, 11) is 0. The molecule has 4 nitrogen and oxygen atoms in total. The van der Waals surface area contributed by atoms with Crippen LogP contribution in [0.15, 0.2) is 12.8 Å². The number of piperidine rings is 1. The maximum atomic E-state index is 11.6. The molecule has 0 aromatic carbocycles. The van der Waals surface area contributed by atoms with Gasteiger partial charge in [0, 0.05) is 25.9 Å². The third kappa shape index (κ3) is 4.14. The first-order valence-corrected chi connectivity index (χ1v) is 5.42. The van der Waals surface area contributed by atoms with Crippen LogP contribution < -0.4 is 5.32 Å². The van der Waals surface area contributed by atoms with E-state index < -0.39 is 0 Å². The molecule has 0 atom stereocenters. The van der Waals surface area contributed by atoms with Crippen molar-refractivity contribution in [2.75, 3.05) is 13.1 Å². The molecule has 1 N–H and O–H groups in total. The molecule has 0 aromatic heterocycles. The zero-order valence-corrected chi connectivity index (χ0v) is 9.00. The highest BCUT2D eigenvalue weighted by Gasteiger charge is 2.16. The first kappa shape index (κ1) is 11.8. The van der Waals surface area contributed by atoms with Crippen LogP contribution in [0.3, 0.4) is 0 Å². The zero-order valence-electron chi connectivity index (χ0n) is 9.00. The van der Waals surface area contributed by atoms with Crippen molar-refractivity contribution in [1.82, 2.24) is 10.2 Å². The van der Waals surface area contributed by atoms with Gasteiger partial charge < -0.3 is 10.2 Å². The van der Waals surface area contributed by atoms with Crippen LogP contribution in [-0.2, 0) is 9.59 Å². The number of hydrogen-bond acceptors (Lipinski definition) is 2. The van der Waals surface area contributed by atoms with Crippen molar-refractivity contribution in [1.29, 1.82) is 0 Å². The zero-order chi connectivity index (χ0) is 11.1. The lowest BCUT2D eigenvalue weighted by molar-refractivity contribution is -0.134. The molecule has 0 aromatic rings. The Hall–Kier alpha value is -1.32. The summed E-state index contributed by atoms with van der Waals surface area (Å²) < 4.78 is 0. The number of rotatable bonds is 4. The average Bonchev–Trinajstić information content (AvgIpc) is 2.27. The molecule has 15 heavy (non-hydrogen) atoms. The summed E-state index contributed by atoms with van der Waals surface area (Å²) in [5.74, 6) is -0.0516. The van der Waals surface area contributed by atoms with Gasteiger partial charge in [0.05, 0.1) is 0 Å². The van der Waals surface area contributed by atoms with E-state index in [1.54, 1.807) is 0 Å². The van der Waals surface area contributed by atoms with E-state index >= 15 is 0 Å². The second kappa shape index (κ2) is 6.22. The van der Waals surface area contributed by atoms with Crippen LogP contribution in [-0.4, -0.2) is 29.8 Å². The van der Waals surface area contributed by atoms with E-state index in [4.69, 9.17) is 0 Å². The van der Waals surface area contributed by atoms with Crippen molar-refractivity contribution in [3.05, 3.63) is 12.8 Å². The van der Waals surface area contributed by atoms with Crippen molar-refractivity contribution in [3.63, 3.8) is 0 Å². The monoisotopic (exact) mass is 210 g/mol. The summed E-state index contributed by atoms with van der Waals surface area (Å²) in [6.07, 6.45) is 5.28. The first-order chi connectivity index (χ1) is 7.24. The molecule has 0 aliphatic carbocycles. The summed E-state index contributed by atoms with van der Waals surface area (Å²) in [6.45, 7) is 5.09. The largest absolute Gasteiger partial charge is 0.343 e. The van der Waals surface area contributed by atoms with E-state index in [9.17, 15) is 9.59 Å². The predicted molar refractivity (Wildman–Crippen MR) is 58.0 cm³/mol. The first-order valence-electron chi connectivity index (χ1n) is 5.42. The van der Waals surface area contributed by atoms with Crippen molar-refractivity contribution in [3.8, 4) is 0 Å². The number of nitrogens with one attached hydrogen (secondary N) is 1. The fraction of sp³-hybridized carbons (Fsp3) is 0.636. The van der Waals surface area contributed by atoms with Gasteiger partial charge in [-0.25, -0.2) is 0 Å². The van der Waals surface area contributed by atoms with Gasteiger partial charge in [0.25, 0.3) is 0 Å². The summed E-state index contributed by atoms with van der Waals surface area (Å²) in [5, 5.41) is 2.46. The normalized spacial score (nSPS) is 15.9. The maximum absolute atomic E-state index is 11.6. The van der Waals surface area contributed by atoms with Gasteiger partial charge in [0.2, 0.25) is 11.8 Å². The molecule has 1 rings (SSSR count). The molecule has 4 heteroatoms. The summed E-state index contributed by atoms with van der Waals surface area (Å²) in [4.78, 5) is 24.6. The molecular formula is C11H18N2O2. The fourth-order valence-electron chi connectivity index (χ4n) is 1.71. The molecule has 0 bridgehead atoms. The third-order valence-electron chi connectivity index (χ3n) is 2.54. The van der Waals surface area contributed by atoms with Crippen LogP contribution in [0.4, 0.5) is 0 Å². The summed E-state index contributed by atoms with van der Waals surface area (Å²) in [6, 6.07) is 0. The second-order valence-corrected chi connectivity index (χ2v) is 3.71. The van der Waals surface area contributed by atoms with Gasteiger partial charge in [0.15, 0.2) is 0 Å². The van der Waals surface area contributed by atoms with E-state index in [2.05, 4.69) is 11.9 Å². The lowest BCUT2D eigenvalue weighted by Crippen LogP contribution is -2.36. The Morgan fingerprint density at radius 2 is 1.87 bits per heavy atom. The summed E-state index contributed by atoms with van der Waals surface area (Å²) in [5.41, 5.74) is 0. The van der Waals surface area contributed by atoms with Gasteiger partial charge in [-0.15, -0.1) is 0 Å². The van der Waals surface area contributed by atoms with Crippen LogP contribution in [0, 0.1) is 0 Å². The minimum atomic E-state index is -0.143. The third-order valence-corrected chi connectivity index (χ3v) is 2.54. The number of amides is 2. The van der Waals surface area contributed by atoms with Gasteiger partial charge in [0.1, 0.15) is 0 Å². The van der Waals surface area contributed by atoms with E-state index in [0.29, 0.717) is 6.42 Å². The van der Waals surface area contributed by atoms with E-state index in [1.165, 1.54) is 12.6 Å². The second-order valence-electron chi connectivity index (χ2n) is 3.71. The van der Waals surface area contributed by atoms with Crippen LogP contribution in [0.1, 0.15) is 32.1 Å². The smallest absolute Gasteiger partial charge is 0.224 e. The molecule has 1 heterocycles. The van der Waals surface area contributed by atoms with Gasteiger partial charge in [-0.2, -0.15) is 0 Å². The number of carbonyl (C=O) groups excluding carboxylic acids is 2. The highest BCUT2D eigenvalue weighted by molar-refractivity contribution is 5.84. The molecule has 84 valence electrons. The average molecular weight is 210 g/mol. The van der Waals surface area contributed by atoms with Crippen molar-refractivity contribution >= 4 is 11.8 Å².